The molecule has 1 N–H and O–H groups in total. The molecule has 1 amide bonds. The summed E-state index contributed by atoms with van der Waals surface area (Å²) in [4.78, 5) is 11.5. The molecule has 2 aliphatic rings. The van der Waals surface area contributed by atoms with Crippen molar-refractivity contribution in [2.75, 3.05) is 5.88 Å². The van der Waals surface area contributed by atoms with Gasteiger partial charge in [0.05, 0.1) is 0 Å². The van der Waals surface area contributed by atoms with E-state index in [4.69, 9.17) is 11.6 Å². The Morgan fingerprint density at radius 3 is 2.47 bits per heavy atom. The molecule has 2 bridgehead atoms. The summed E-state index contributed by atoms with van der Waals surface area (Å²) in [5.74, 6) is 2.56. The molecule has 0 aliphatic heterocycles. The molecule has 2 fully saturated rings. The van der Waals surface area contributed by atoms with Crippen molar-refractivity contribution in [3.63, 3.8) is 0 Å². The van der Waals surface area contributed by atoms with Gasteiger partial charge in [-0.05, 0) is 37.5 Å². The summed E-state index contributed by atoms with van der Waals surface area (Å²) in [6, 6.07) is 0.457. The van der Waals surface area contributed by atoms with E-state index in [1.54, 1.807) is 0 Å². The van der Waals surface area contributed by atoms with E-state index >= 15 is 0 Å². The minimum Gasteiger partial charge on any atom is -0.353 e. The molecule has 15 heavy (non-hydrogen) atoms. The highest BCUT2D eigenvalue weighted by Gasteiger charge is 2.34. The molecule has 0 aromatic carbocycles. The molecule has 86 valence electrons. The van der Waals surface area contributed by atoms with Gasteiger partial charge >= 0.3 is 0 Å². The van der Waals surface area contributed by atoms with E-state index in [1.165, 1.54) is 32.1 Å². The molecule has 2 saturated carbocycles. The summed E-state index contributed by atoms with van der Waals surface area (Å²) in [6.45, 7) is 0. The van der Waals surface area contributed by atoms with Crippen molar-refractivity contribution in [2.24, 2.45) is 11.8 Å². The van der Waals surface area contributed by atoms with E-state index in [-0.39, 0.29) is 5.91 Å². The smallest absolute Gasteiger partial charge is 0.220 e. The van der Waals surface area contributed by atoms with Crippen LogP contribution < -0.4 is 5.32 Å². The number of hydrogen-bond donors (Lipinski definition) is 1. The Hall–Kier alpha value is -0.240. The largest absolute Gasteiger partial charge is 0.353 e. The van der Waals surface area contributed by atoms with E-state index in [9.17, 15) is 4.79 Å². The first-order chi connectivity index (χ1) is 7.28. The van der Waals surface area contributed by atoms with Crippen LogP contribution >= 0.6 is 11.6 Å². The molecule has 0 heterocycles. The van der Waals surface area contributed by atoms with Crippen LogP contribution in [-0.4, -0.2) is 17.8 Å². The molecule has 0 spiro atoms. The summed E-state index contributed by atoms with van der Waals surface area (Å²) >= 11 is 5.56. The van der Waals surface area contributed by atoms with Crippen LogP contribution in [0.25, 0.3) is 0 Å². The van der Waals surface area contributed by atoms with Gasteiger partial charge in [0.2, 0.25) is 5.91 Å². The SMILES string of the molecule is O=C(CCCCl)NC1CC2CCC(C2)C1. The van der Waals surface area contributed by atoms with Crippen molar-refractivity contribution < 1.29 is 4.79 Å². The molecule has 2 rings (SSSR count). The zero-order valence-electron chi connectivity index (χ0n) is 9.18. The van der Waals surface area contributed by atoms with E-state index in [2.05, 4.69) is 5.32 Å². The molecule has 0 aromatic heterocycles. The Morgan fingerprint density at radius 2 is 1.87 bits per heavy atom. The third-order valence-corrected chi connectivity index (χ3v) is 4.06. The summed E-state index contributed by atoms with van der Waals surface area (Å²) in [5, 5.41) is 3.16. The molecule has 0 aromatic rings. The predicted molar refractivity (Wildman–Crippen MR) is 61.9 cm³/mol. The van der Waals surface area contributed by atoms with Gasteiger partial charge in [-0.25, -0.2) is 0 Å². The zero-order chi connectivity index (χ0) is 10.7. The van der Waals surface area contributed by atoms with Crippen molar-refractivity contribution in [1.29, 1.82) is 0 Å². The first-order valence-corrected chi connectivity index (χ1v) is 6.66. The van der Waals surface area contributed by atoms with Crippen LogP contribution in [-0.2, 0) is 4.79 Å². The second-order valence-corrected chi connectivity index (χ2v) is 5.45. The highest BCUT2D eigenvalue weighted by atomic mass is 35.5. The topological polar surface area (TPSA) is 29.1 Å². The fraction of sp³-hybridized carbons (Fsp3) is 0.917. The highest BCUT2D eigenvalue weighted by molar-refractivity contribution is 6.17. The molecular weight excluding hydrogens is 210 g/mol. The van der Waals surface area contributed by atoms with Gasteiger partial charge in [-0.1, -0.05) is 12.8 Å². The Labute approximate surface area is 96.8 Å². The lowest BCUT2D eigenvalue weighted by Crippen LogP contribution is -2.38. The van der Waals surface area contributed by atoms with Gasteiger partial charge in [0.1, 0.15) is 0 Å². The maximum Gasteiger partial charge on any atom is 0.220 e. The molecular formula is C12H20ClNO. The van der Waals surface area contributed by atoms with Crippen LogP contribution in [0.5, 0.6) is 0 Å². The monoisotopic (exact) mass is 229 g/mol. The van der Waals surface area contributed by atoms with Gasteiger partial charge in [-0.2, -0.15) is 0 Å². The van der Waals surface area contributed by atoms with Crippen molar-refractivity contribution in [2.45, 2.75) is 51.0 Å². The molecule has 0 radical (unpaired) electrons. The Morgan fingerprint density at radius 1 is 1.20 bits per heavy atom. The standard InChI is InChI=1S/C12H20ClNO/c13-5-1-2-12(15)14-11-7-9-3-4-10(6-9)8-11/h9-11H,1-8H2,(H,14,15). The van der Waals surface area contributed by atoms with Crippen LogP contribution in [0.3, 0.4) is 0 Å². The number of rotatable bonds is 4. The van der Waals surface area contributed by atoms with E-state index < -0.39 is 0 Å². The van der Waals surface area contributed by atoms with Crippen molar-refractivity contribution >= 4 is 17.5 Å². The molecule has 2 aliphatic carbocycles. The molecule has 2 unspecified atom stereocenters. The summed E-state index contributed by atoms with van der Waals surface area (Å²) in [5.41, 5.74) is 0. The number of alkyl halides is 1. The van der Waals surface area contributed by atoms with Crippen LogP contribution in [0.4, 0.5) is 0 Å². The van der Waals surface area contributed by atoms with Crippen LogP contribution in [0.15, 0.2) is 0 Å². The molecule has 3 heteroatoms. The Balaban J connectivity index is 1.73. The first kappa shape index (κ1) is 11.3. The number of nitrogens with one attached hydrogen (secondary N) is 1. The van der Waals surface area contributed by atoms with Gasteiger partial charge in [0.25, 0.3) is 0 Å². The first-order valence-electron chi connectivity index (χ1n) is 6.13. The van der Waals surface area contributed by atoms with Crippen molar-refractivity contribution in [1.82, 2.24) is 5.32 Å². The fourth-order valence-electron chi connectivity index (χ4n) is 3.15. The molecule has 2 atom stereocenters. The van der Waals surface area contributed by atoms with E-state index in [1.807, 2.05) is 0 Å². The van der Waals surface area contributed by atoms with Crippen molar-refractivity contribution in [3.8, 4) is 0 Å². The minimum atomic E-state index is 0.196. The van der Waals surface area contributed by atoms with Crippen molar-refractivity contribution in [3.05, 3.63) is 0 Å². The lowest BCUT2D eigenvalue weighted by molar-refractivity contribution is -0.122. The normalized spacial score (nSPS) is 34.1. The predicted octanol–water partition coefficient (Wildman–Crippen LogP) is 2.70. The average molecular weight is 230 g/mol. The van der Waals surface area contributed by atoms with Gasteiger partial charge in [-0.3, -0.25) is 4.79 Å². The number of carbonyl (C=O) groups excluding carboxylic acids is 1. The number of fused-ring (bicyclic) bond motifs is 2. The second kappa shape index (κ2) is 5.20. The number of carbonyl (C=O) groups is 1. The van der Waals surface area contributed by atoms with Gasteiger partial charge < -0.3 is 5.32 Å². The van der Waals surface area contributed by atoms with Crippen LogP contribution in [0, 0.1) is 11.8 Å². The summed E-state index contributed by atoms with van der Waals surface area (Å²) < 4.78 is 0. The fourth-order valence-corrected chi connectivity index (χ4v) is 3.29. The lowest BCUT2D eigenvalue weighted by atomic mass is 9.85. The molecule has 0 saturated heterocycles. The van der Waals surface area contributed by atoms with Gasteiger partial charge in [0.15, 0.2) is 0 Å². The number of hydrogen-bond acceptors (Lipinski definition) is 1. The number of amides is 1. The third-order valence-electron chi connectivity index (χ3n) is 3.79. The third kappa shape index (κ3) is 3.10. The highest BCUT2D eigenvalue weighted by Crippen LogP contribution is 2.41. The average Bonchev–Trinajstić information content (AvgIpc) is 2.55. The van der Waals surface area contributed by atoms with E-state index in [0.29, 0.717) is 18.3 Å². The maximum atomic E-state index is 11.5. The number of halogens is 1. The summed E-state index contributed by atoms with van der Waals surface area (Å²) in [6.07, 6.45) is 8.00. The summed E-state index contributed by atoms with van der Waals surface area (Å²) in [7, 11) is 0. The molecule has 2 nitrogen and oxygen atoms in total. The lowest BCUT2D eigenvalue weighted by Gasteiger charge is -2.28. The second-order valence-electron chi connectivity index (χ2n) is 5.07. The quantitative estimate of drug-likeness (QED) is 0.738. The van der Waals surface area contributed by atoms with E-state index in [0.717, 1.165) is 18.3 Å². The maximum absolute atomic E-state index is 11.5. The van der Waals surface area contributed by atoms with Gasteiger partial charge in [-0.15, -0.1) is 11.6 Å². The van der Waals surface area contributed by atoms with Crippen LogP contribution in [0.2, 0.25) is 0 Å². The Bertz CT molecular complexity index is 220. The van der Waals surface area contributed by atoms with Gasteiger partial charge in [0, 0.05) is 18.3 Å². The zero-order valence-corrected chi connectivity index (χ0v) is 9.93. The minimum absolute atomic E-state index is 0.196. The van der Waals surface area contributed by atoms with Crippen LogP contribution in [0.1, 0.15) is 44.9 Å². The Kier molecular flexibility index (Phi) is 3.90.